The molecule has 1 fully saturated rings. The van der Waals surface area contributed by atoms with Crippen molar-refractivity contribution in [3.05, 3.63) is 65.5 Å². The maximum atomic E-state index is 14.8. The molecule has 34 heavy (non-hydrogen) atoms. The standard InChI is InChI=1S/C26H30FN3O4/c1-33-14-13-29(26(32)18-7-5-8-18)17-25(31)30-24(21-11-3-4-12-22(21)27)16-23(28-30)19-9-6-10-20(15-19)34-2/h3-4,6,9-12,15,18,24H,5,7-8,13-14,16-17H2,1-2H3/t24-/m0/s1. The summed E-state index contributed by atoms with van der Waals surface area (Å²) in [6.07, 6.45) is 3.07. The van der Waals surface area contributed by atoms with Gasteiger partial charge in [-0.1, -0.05) is 36.8 Å². The fourth-order valence-corrected chi connectivity index (χ4v) is 4.32. The average Bonchev–Trinajstić information content (AvgIpc) is 3.26. The van der Waals surface area contributed by atoms with Gasteiger partial charge in [-0.2, -0.15) is 5.10 Å². The van der Waals surface area contributed by atoms with Crippen molar-refractivity contribution in [1.82, 2.24) is 9.91 Å². The second-order valence-electron chi connectivity index (χ2n) is 8.64. The third-order valence-corrected chi connectivity index (χ3v) is 6.49. The minimum absolute atomic E-state index is 0.0321. The number of hydrazone groups is 1. The fourth-order valence-electron chi connectivity index (χ4n) is 4.32. The third-order valence-electron chi connectivity index (χ3n) is 6.49. The summed E-state index contributed by atoms with van der Waals surface area (Å²) >= 11 is 0. The zero-order chi connectivity index (χ0) is 24.1. The molecule has 2 aromatic rings. The van der Waals surface area contributed by atoms with Gasteiger partial charge in [0.15, 0.2) is 0 Å². The van der Waals surface area contributed by atoms with E-state index in [9.17, 15) is 14.0 Å². The molecule has 0 bridgehead atoms. The lowest BCUT2D eigenvalue weighted by molar-refractivity contribution is -0.146. The molecule has 1 aliphatic heterocycles. The molecule has 1 atom stereocenters. The number of rotatable bonds is 9. The molecule has 0 saturated heterocycles. The first-order valence-corrected chi connectivity index (χ1v) is 11.6. The Balaban J connectivity index is 1.62. The molecule has 7 nitrogen and oxygen atoms in total. The normalized spacial score (nSPS) is 17.8. The van der Waals surface area contributed by atoms with E-state index < -0.39 is 11.9 Å². The molecule has 2 aliphatic rings. The summed E-state index contributed by atoms with van der Waals surface area (Å²) < 4.78 is 25.2. The lowest BCUT2D eigenvalue weighted by Gasteiger charge is -2.32. The van der Waals surface area contributed by atoms with Crippen LogP contribution in [0.15, 0.2) is 53.6 Å². The van der Waals surface area contributed by atoms with Crippen molar-refractivity contribution in [3.63, 3.8) is 0 Å². The van der Waals surface area contributed by atoms with E-state index >= 15 is 0 Å². The lowest BCUT2D eigenvalue weighted by Crippen LogP contribution is -2.46. The highest BCUT2D eigenvalue weighted by Gasteiger charge is 2.37. The Morgan fingerprint density at radius 3 is 2.62 bits per heavy atom. The van der Waals surface area contributed by atoms with Crippen LogP contribution in [0.25, 0.3) is 0 Å². The van der Waals surface area contributed by atoms with E-state index in [1.165, 1.54) is 11.1 Å². The van der Waals surface area contributed by atoms with E-state index in [0.717, 1.165) is 24.8 Å². The average molecular weight is 468 g/mol. The van der Waals surface area contributed by atoms with Crippen molar-refractivity contribution in [2.24, 2.45) is 11.0 Å². The van der Waals surface area contributed by atoms with Gasteiger partial charge in [0.25, 0.3) is 5.91 Å². The van der Waals surface area contributed by atoms with Gasteiger partial charge in [0.05, 0.1) is 25.5 Å². The van der Waals surface area contributed by atoms with Gasteiger partial charge in [-0.15, -0.1) is 0 Å². The molecule has 2 amide bonds. The lowest BCUT2D eigenvalue weighted by atomic mass is 9.84. The van der Waals surface area contributed by atoms with E-state index in [2.05, 4.69) is 5.10 Å². The summed E-state index contributed by atoms with van der Waals surface area (Å²) in [5.41, 5.74) is 1.86. The first-order valence-electron chi connectivity index (χ1n) is 11.6. The predicted octanol–water partition coefficient (Wildman–Crippen LogP) is 3.79. The van der Waals surface area contributed by atoms with Gasteiger partial charge in [-0.05, 0) is 31.0 Å². The van der Waals surface area contributed by atoms with Crippen molar-refractivity contribution < 1.29 is 23.5 Å². The highest BCUT2D eigenvalue weighted by molar-refractivity contribution is 6.03. The molecule has 180 valence electrons. The minimum Gasteiger partial charge on any atom is -0.497 e. The quantitative estimate of drug-likeness (QED) is 0.563. The molecule has 4 rings (SSSR count). The van der Waals surface area contributed by atoms with Crippen LogP contribution in [0.3, 0.4) is 0 Å². The Morgan fingerprint density at radius 2 is 1.94 bits per heavy atom. The summed E-state index contributed by atoms with van der Waals surface area (Å²) in [4.78, 5) is 28.0. The van der Waals surface area contributed by atoms with Gasteiger partial charge in [0.2, 0.25) is 5.91 Å². The second-order valence-corrected chi connectivity index (χ2v) is 8.64. The van der Waals surface area contributed by atoms with Crippen LogP contribution in [0.4, 0.5) is 4.39 Å². The number of nitrogens with zero attached hydrogens (tertiary/aromatic N) is 3. The molecule has 1 heterocycles. The van der Waals surface area contributed by atoms with Crippen molar-refractivity contribution in [2.75, 3.05) is 33.9 Å². The summed E-state index contributed by atoms with van der Waals surface area (Å²) in [7, 11) is 3.15. The van der Waals surface area contributed by atoms with E-state index in [1.807, 2.05) is 24.3 Å². The number of carbonyl (C=O) groups is 2. The third kappa shape index (κ3) is 5.12. The smallest absolute Gasteiger partial charge is 0.262 e. The number of hydrogen-bond acceptors (Lipinski definition) is 5. The summed E-state index contributed by atoms with van der Waals surface area (Å²) in [5, 5.41) is 5.95. The summed E-state index contributed by atoms with van der Waals surface area (Å²) in [6.45, 7) is 0.529. The van der Waals surface area contributed by atoms with Crippen LogP contribution in [-0.2, 0) is 14.3 Å². The molecule has 1 saturated carbocycles. The summed E-state index contributed by atoms with van der Waals surface area (Å²) in [5.74, 6) is -0.148. The largest absolute Gasteiger partial charge is 0.497 e. The molecular weight excluding hydrogens is 437 g/mol. The number of hydrogen-bond donors (Lipinski definition) is 0. The Labute approximate surface area is 199 Å². The minimum atomic E-state index is -0.599. The molecule has 2 aromatic carbocycles. The highest BCUT2D eigenvalue weighted by atomic mass is 19.1. The monoisotopic (exact) mass is 467 g/mol. The first-order chi connectivity index (χ1) is 16.5. The summed E-state index contributed by atoms with van der Waals surface area (Å²) in [6, 6.07) is 13.2. The van der Waals surface area contributed by atoms with Crippen LogP contribution in [-0.4, -0.2) is 61.4 Å². The van der Waals surface area contributed by atoms with E-state index in [-0.39, 0.29) is 24.3 Å². The maximum Gasteiger partial charge on any atom is 0.262 e. The van der Waals surface area contributed by atoms with Gasteiger partial charge < -0.3 is 14.4 Å². The van der Waals surface area contributed by atoms with Crippen LogP contribution >= 0.6 is 0 Å². The Morgan fingerprint density at radius 1 is 1.15 bits per heavy atom. The molecule has 0 N–H and O–H groups in total. The van der Waals surface area contributed by atoms with Gasteiger partial charge in [0.1, 0.15) is 18.1 Å². The number of amides is 2. The number of halogens is 1. The van der Waals surface area contributed by atoms with Crippen LogP contribution in [0.1, 0.15) is 42.9 Å². The van der Waals surface area contributed by atoms with E-state index in [0.29, 0.717) is 36.6 Å². The van der Waals surface area contributed by atoms with Gasteiger partial charge >= 0.3 is 0 Å². The first kappa shape index (κ1) is 23.9. The molecule has 1 aliphatic carbocycles. The van der Waals surface area contributed by atoms with E-state index in [1.54, 1.807) is 37.3 Å². The van der Waals surface area contributed by atoms with Crippen molar-refractivity contribution in [2.45, 2.75) is 31.7 Å². The van der Waals surface area contributed by atoms with Crippen LogP contribution in [0, 0.1) is 11.7 Å². The zero-order valence-electron chi connectivity index (χ0n) is 19.6. The van der Waals surface area contributed by atoms with Gasteiger partial charge in [-0.25, -0.2) is 9.40 Å². The van der Waals surface area contributed by atoms with Crippen LogP contribution in [0.2, 0.25) is 0 Å². The molecular formula is C26H30FN3O4. The Hall–Kier alpha value is -3.26. The predicted molar refractivity (Wildman–Crippen MR) is 126 cm³/mol. The molecule has 8 heteroatoms. The number of ether oxygens (including phenoxy) is 2. The fraction of sp³-hybridized carbons (Fsp3) is 0.423. The molecule has 0 unspecified atom stereocenters. The van der Waals surface area contributed by atoms with Crippen molar-refractivity contribution in [3.8, 4) is 5.75 Å². The van der Waals surface area contributed by atoms with Crippen LogP contribution < -0.4 is 4.74 Å². The van der Waals surface area contributed by atoms with Gasteiger partial charge in [0, 0.05) is 37.1 Å². The molecule has 0 radical (unpaired) electrons. The number of benzene rings is 2. The van der Waals surface area contributed by atoms with E-state index in [4.69, 9.17) is 9.47 Å². The molecule has 0 spiro atoms. The SMILES string of the molecule is COCCN(CC(=O)N1N=C(c2cccc(OC)c2)C[C@H]1c1ccccc1F)C(=O)C1CCC1. The Kier molecular flexibility index (Phi) is 7.57. The van der Waals surface area contributed by atoms with Crippen LogP contribution in [0.5, 0.6) is 5.75 Å². The van der Waals surface area contributed by atoms with Gasteiger partial charge in [-0.3, -0.25) is 9.59 Å². The van der Waals surface area contributed by atoms with Crippen molar-refractivity contribution in [1.29, 1.82) is 0 Å². The number of methoxy groups -OCH3 is 2. The zero-order valence-corrected chi connectivity index (χ0v) is 19.6. The Bertz CT molecular complexity index is 1070. The molecule has 0 aromatic heterocycles. The topological polar surface area (TPSA) is 71.4 Å². The maximum absolute atomic E-state index is 14.8. The number of carbonyl (C=O) groups excluding carboxylic acids is 2. The second kappa shape index (κ2) is 10.8. The van der Waals surface area contributed by atoms with Crippen molar-refractivity contribution >= 4 is 17.5 Å². The highest BCUT2D eigenvalue weighted by Crippen LogP contribution is 2.35.